The summed E-state index contributed by atoms with van der Waals surface area (Å²) in [4.78, 5) is 35.4. The molecule has 0 aliphatic heterocycles. The van der Waals surface area contributed by atoms with E-state index >= 15 is 0 Å². The molecule has 0 amide bonds. The molecule has 1 aliphatic carbocycles. The Kier molecular flexibility index (Phi) is 15.2. The van der Waals surface area contributed by atoms with Gasteiger partial charge in [-0.25, -0.2) is 0 Å². The fourth-order valence-electron chi connectivity index (χ4n) is 4.00. The number of carboxylic acids is 1. The Morgan fingerprint density at radius 3 is 2.06 bits per heavy atom. The number of aliphatic carboxylic acids is 1. The lowest BCUT2D eigenvalue weighted by molar-refractivity contribution is -0.137. The predicted molar refractivity (Wildman–Crippen MR) is 128 cm³/mol. The van der Waals surface area contributed by atoms with E-state index in [4.69, 9.17) is 5.11 Å². The Morgan fingerprint density at radius 1 is 0.906 bits per heavy atom. The molecule has 0 aromatic rings. The fourth-order valence-corrected chi connectivity index (χ4v) is 4.00. The number of ketones is 1. The van der Waals surface area contributed by atoms with Crippen LogP contribution in [-0.2, 0) is 14.4 Å². The van der Waals surface area contributed by atoms with Crippen LogP contribution in [-0.4, -0.2) is 61.3 Å². The number of hydrogen-bond donors (Lipinski definition) is 3. The Balaban J connectivity index is 2.28. The molecule has 0 spiro atoms. The van der Waals surface area contributed by atoms with Crippen molar-refractivity contribution in [1.82, 2.24) is 15.5 Å². The van der Waals surface area contributed by atoms with Crippen LogP contribution in [0.15, 0.2) is 23.5 Å². The molecule has 0 radical (unpaired) electrons. The van der Waals surface area contributed by atoms with Gasteiger partial charge in [-0.05, 0) is 51.7 Å². The van der Waals surface area contributed by atoms with Gasteiger partial charge in [-0.2, -0.15) is 0 Å². The van der Waals surface area contributed by atoms with Crippen LogP contribution < -0.4 is 10.6 Å². The molecule has 1 aliphatic rings. The van der Waals surface area contributed by atoms with Crippen molar-refractivity contribution in [3.05, 3.63) is 23.5 Å². The van der Waals surface area contributed by atoms with Crippen LogP contribution in [0.1, 0.15) is 83.5 Å². The number of aldehydes is 1. The lowest BCUT2D eigenvalue weighted by Crippen LogP contribution is -2.38. The zero-order valence-corrected chi connectivity index (χ0v) is 19.9. The molecule has 0 atom stereocenters. The number of unbranched alkanes of at least 4 members (excludes halogenated alkanes) is 9. The number of likely N-dealkylation sites (N-methyl/N-ethyl adjacent to an activating group) is 1. The number of hydrogen-bond acceptors (Lipinski definition) is 6. The third-order valence-electron chi connectivity index (χ3n) is 5.92. The summed E-state index contributed by atoms with van der Waals surface area (Å²) < 4.78 is 0. The van der Waals surface area contributed by atoms with Gasteiger partial charge in [-0.3, -0.25) is 9.59 Å². The van der Waals surface area contributed by atoms with E-state index in [0.29, 0.717) is 17.7 Å². The molecule has 182 valence electrons. The van der Waals surface area contributed by atoms with Crippen molar-refractivity contribution in [2.75, 3.05) is 33.2 Å². The maximum Gasteiger partial charge on any atom is 0.303 e. The normalized spacial score (nSPS) is 13.4. The van der Waals surface area contributed by atoms with E-state index < -0.39 is 5.97 Å². The highest BCUT2D eigenvalue weighted by Gasteiger charge is 2.30. The zero-order chi connectivity index (χ0) is 23.6. The molecule has 0 heterocycles. The van der Waals surface area contributed by atoms with Crippen LogP contribution >= 0.6 is 0 Å². The molecule has 0 saturated heterocycles. The number of Topliss-reactive ketones (excluding diaryl/α,β-unsaturated/α-hetero) is 1. The number of nitrogens with zero attached hydrogens (tertiary/aromatic N) is 1. The Bertz CT molecular complexity index is 631. The van der Waals surface area contributed by atoms with Gasteiger partial charge in [0.15, 0.2) is 0 Å². The summed E-state index contributed by atoms with van der Waals surface area (Å²) in [5.41, 5.74) is 2.03. The molecule has 7 heteroatoms. The van der Waals surface area contributed by atoms with E-state index in [1.165, 1.54) is 19.3 Å². The van der Waals surface area contributed by atoms with Crippen LogP contribution in [0.4, 0.5) is 0 Å². The molecule has 0 aromatic carbocycles. The summed E-state index contributed by atoms with van der Waals surface area (Å²) in [5.74, 6) is -0.704. The minimum absolute atomic E-state index is 0.00341. The standard InChI is InChI=1S/C25H43N3O4/c1-21-23(26-2)24(25(21)32)27-16-14-19-28(17-11-7-3-4-9-13-20-29)18-12-8-5-6-10-15-22(30)31/h20,26-27H,1,3-19H2,2H3,(H,30,31). The Hall–Kier alpha value is -2.15. The van der Waals surface area contributed by atoms with Gasteiger partial charge in [-0.1, -0.05) is 45.1 Å². The average molecular weight is 450 g/mol. The number of allylic oxidation sites excluding steroid dienone is 2. The smallest absolute Gasteiger partial charge is 0.303 e. The molecule has 32 heavy (non-hydrogen) atoms. The average Bonchev–Trinajstić information content (AvgIpc) is 2.78. The number of carbonyl (C=O) groups excluding carboxylic acids is 2. The van der Waals surface area contributed by atoms with Crippen LogP contribution in [0, 0.1) is 0 Å². The van der Waals surface area contributed by atoms with E-state index in [2.05, 4.69) is 22.1 Å². The Morgan fingerprint density at radius 2 is 1.47 bits per heavy atom. The maximum absolute atomic E-state index is 11.9. The summed E-state index contributed by atoms with van der Waals surface area (Å²) in [5, 5.41) is 15.0. The van der Waals surface area contributed by atoms with Crippen LogP contribution in [0.3, 0.4) is 0 Å². The number of carbonyl (C=O) groups is 3. The molecule has 3 N–H and O–H groups in total. The highest BCUT2D eigenvalue weighted by atomic mass is 16.4. The molecule has 0 unspecified atom stereocenters. The van der Waals surface area contributed by atoms with Gasteiger partial charge in [-0.15, -0.1) is 0 Å². The molecule has 0 aromatic heterocycles. The number of rotatable bonds is 22. The lowest BCUT2D eigenvalue weighted by Gasteiger charge is -2.26. The van der Waals surface area contributed by atoms with Crippen molar-refractivity contribution in [2.24, 2.45) is 0 Å². The van der Waals surface area contributed by atoms with Crippen LogP contribution in [0.5, 0.6) is 0 Å². The van der Waals surface area contributed by atoms with Crippen molar-refractivity contribution >= 4 is 18.0 Å². The van der Waals surface area contributed by atoms with E-state index in [9.17, 15) is 14.4 Å². The van der Waals surface area contributed by atoms with Crippen molar-refractivity contribution in [2.45, 2.75) is 83.5 Å². The third-order valence-corrected chi connectivity index (χ3v) is 5.92. The van der Waals surface area contributed by atoms with Crippen LogP contribution in [0.25, 0.3) is 0 Å². The largest absolute Gasteiger partial charge is 0.481 e. The fraction of sp³-hybridized carbons (Fsp3) is 0.720. The first-order valence-corrected chi connectivity index (χ1v) is 12.3. The molecule has 0 fully saturated rings. The SMILES string of the molecule is C=C1C(=O)C(NCCCN(CCCCCCCC=O)CCCCCCCC(=O)O)=C1NC. The van der Waals surface area contributed by atoms with Crippen molar-refractivity contribution in [3.8, 4) is 0 Å². The molecule has 7 nitrogen and oxygen atoms in total. The quantitative estimate of drug-likeness (QED) is 0.131. The third kappa shape index (κ3) is 11.5. The highest BCUT2D eigenvalue weighted by molar-refractivity contribution is 6.18. The van der Waals surface area contributed by atoms with E-state index in [1.807, 2.05) is 0 Å². The lowest BCUT2D eigenvalue weighted by atomic mass is 9.93. The molecular formula is C25H43N3O4. The highest BCUT2D eigenvalue weighted by Crippen LogP contribution is 2.23. The zero-order valence-electron chi connectivity index (χ0n) is 19.9. The predicted octanol–water partition coefficient (Wildman–Crippen LogP) is 3.80. The van der Waals surface area contributed by atoms with Gasteiger partial charge >= 0.3 is 5.97 Å². The maximum atomic E-state index is 11.9. The topological polar surface area (TPSA) is 98.7 Å². The minimum Gasteiger partial charge on any atom is -0.481 e. The second kappa shape index (κ2) is 17.4. The first kappa shape index (κ1) is 27.9. The van der Waals surface area contributed by atoms with E-state index in [1.54, 1.807) is 7.05 Å². The van der Waals surface area contributed by atoms with Gasteiger partial charge in [0, 0.05) is 32.0 Å². The second-order valence-corrected chi connectivity index (χ2v) is 8.56. The number of nitrogens with one attached hydrogen (secondary N) is 2. The summed E-state index contributed by atoms with van der Waals surface area (Å²) in [6.45, 7) is 7.66. The molecule has 0 bridgehead atoms. The summed E-state index contributed by atoms with van der Waals surface area (Å²) in [6.07, 6.45) is 13.7. The first-order valence-electron chi connectivity index (χ1n) is 12.3. The van der Waals surface area contributed by atoms with E-state index in [0.717, 1.165) is 89.5 Å². The molecular weight excluding hydrogens is 406 g/mol. The second-order valence-electron chi connectivity index (χ2n) is 8.56. The van der Waals surface area contributed by atoms with Gasteiger partial charge in [0.1, 0.15) is 12.0 Å². The first-order chi connectivity index (χ1) is 15.5. The summed E-state index contributed by atoms with van der Waals surface area (Å²) >= 11 is 0. The van der Waals surface area contributed by atoms with E-state index in [-0.39, 0.29) is 12.2 Å². The van der Waals surface area contributed by atoms with Crippen LogP contribution in [0.2, 0.25) is 0 Å². The van der Waals surface area contributed by atoms with Gasteiger partial charge in [0.25, 0.3) is 0 Å². The number of carboxylic acid groups (broad SMARTS) is 1. The van der Waals surface area contributed by atoms with Crippen molar-refractivity contribution < 1.29 is 19.5 Å². The summed E-state index contributed by atoms with van der Waals surface area (Å²) in [6, 6.07) is 0. The molecule has 1 rings (SSSR count). The van der Waals surface area contributed by atoms with Gasteiger partial charge < -0.3 is 25.4 Å². The van der Waals surface area contributed by atoms with Gasteiger partial charge in [0.2, 0.25) is 5.78 Å². The van der Waals surface area contributed by atoms with Crippen molar-refractivity contribution in [1.29, 1.82) is 0 Å². The monoisotopic (exact) mass is 449 g/mol. The van der Waals surface area contributed by atoms with Gasteiger partial charge in [0.05, 0.1) is 5.70 Å². The Labute approximate surface area is 193 Å². The minimum atomic E-state index is -0.707. The molecule has 0 saturated carbocycles. The summed E-state index contributed by atoms with van der Waals surface area (Å²) in [7, 11) is 1.80. The van der Waals surface area contributed by atoms with Crippen molar-refractivity contribution in [3.63, 3.8) is 0 Å².